The van der Waals surface area contributed by atoms with Crippen LogP contribution in [0.4, 0.5) is 4.39 Å². The largest absolute Gasteiger partial charge is 0.304 e. The Labute approximate surface area is 196 Å². The van der Waals surface area contributed by atoms with Crippen molar-refractivity contribution >= 4 is 23.6 Å². The molecule has 1 aromatic rings. The van der Waals surface area contributed by atoms with Crippen molar-refractivity contribution < 1.29 is 14.0 Å². The van der Waals surface area contributed by atoms with Gasteiger partial charge in [-0.15, -0.1) is 11.8 Å². The zero-order valence-corrected chi connectivity index (χ0v) is 20.4. The molecule has 0 bridgehead atoms. The lowest BCUT2D eigenvalue weighted by atomic mass is 10.0. The summed E-state index contributed by atoms with van der Waals surface area (Å²) in [5.74, 6) is 0.384. The zero-order chi connectivity index (χ0) is 22.9. The molecule has 1 fully saturated rings. The van der Waals surface area contributed by atoms with Crippen molar-refractivity contribution in [2.24, 2.45) is 0 Å². The second kappa shape index (κ2) is 12.7. The van der Waals surface area contributed by atoms with E-state index in [0.717, 1.165) is 29.3 Å². The summed E-state index contributed by atoms with van der Waals surface area (Å²) in [6.45, 7) is 8.98. The maximum Gasteiger partial charge on any atom is 0.243 e. The minimum Gasteiger partial charge on any atom is -0.304 e. The Kier molecular flexibility index (Phi) is 10.0. The van der Waals surface area contributed by atoms with E-state index >= 15 is 0 Å². The van der Waals surface area contributed by atoms with E-state index in [1.54, 1.807) is 6.07 Å². The predicted octanol–water partition coefficient (Wildman–Crippen LogP) is 4.72. The molecule has 2 amide bonds. The fourth-order valence-corrected chi connectivity index (χ4v) is 5.80. The molecule has 0 radical (unpaired) electrons. The molecule has 32 heavy (non-hydrogen) atoms. The van der Waals surface area contributed by atoms with Gasteiger partial charge in [0.05, 0.1) is 6.04 Å². The van der Waals surface area contributed by atoms with Gasteiger partial charge in [-0.2, -0.15) is 0 Å². The number of unbranched alkanes of at least 4 members (excludes halogenated alkanes) is 5. The van der Waals surface area contributed by atoms with E-state index in [1.807, 2.05) is 22.7 Å². The number of nitrogens with one attached hydrogen (secondary N) is 1. The number of benzene rings is 1. The normalized spacial score (nSPS) is 18.9. The lowest BCUT2D eigenvalue weighted by Gasteiger charge is -2.29. The number of fused-ring (bicyclic) bond motifs is 1. The molecule has 3 rings (SSSR count). The first-order valence-electron chi connectivity index (χ1n) is 12.3. The molecule has 1 N–H and O–H groups in total. The number of imide groups is 1. The number of thioether (sulfide) groups is 1. The maximum atomic E-state index is 14.5. The molecule has 0 spiro atoms. The van der Waals surface area contributed by atoms with Gasteiger partial charge < -0.3 is 4.90 Å². The molecule has 7 heteroatoms. The molecule has 0 saturated carbocycles. The Bertz CT molecular complexity index is 785. The zero-order valence-electron chi connectivity index (χ0n) is 19.6. The van der Waals surface area contributed by atoms with E-state index in [0.29, 0.717) is 31.5 Å². The van der Waals surface area contributed by atoms with Crippen LogP contribution in [-0.2, 0) is 22.7 Å². The average Bonchev–Trinajstić information content (AvgIpc) is 3.23. The van der Waals surface area contributed by atoms with Crippen LogP contribution in [0.3, 0.4) is 0 Å². The van der Waals surface area contributed by atoms with E-state index in [1.165, 1.54) is 45.1 Å². The van der Waals surface area contributed by atoms with Crippen LogP contribution in [0.15, 0.2) is 17.0 Å². The molecule has 2 aliphatic heterocycles. The summed E-state index contributed by atoms with van der Waals surface area (Å²) in [5, 5.41) is 2.42. The molecule has 1 atom stereocenters. The highest BCUT2D eigenvalue weighted by Crippen LogP contribution is 2.36. The number of carbonyl (C=O) groups is 2. The first-order valence-corrected chi connectivity index (χ1v) is 13.2. The second-order valence-electron chi connectivity index (χ2n) is 8.87. The smallest absolute Gasteiger partial charge is 0.243 e. The Morgan fingerprint density at radius 2 is 1.72 bits per heavy atom. The van der Waals surface area contributed by atoms with Gasteiger partial charge in [-0.3, -0.25) is 19.8 Å². The van der Waals surface area contributed by atoms with Crippen molar-refractivity contribution in [3.8, 4) is 0 Å². The van der Waals surface area contributed by atoms with Crippen molar-refractivity contribution in [2.75, 3.05) is 25.4 Å². The van der Waals surface area contributed by atoms with Gasteiger partial charge in [0.25, 0.3) is 0 Å². The third kappa shape index (κ3) is 6.78. The molecule has 2 aliphatic rings. The first kappa shape index (κ1) is 25.2. The van der Waals surface area contributed by atoms with E-state index in [4.69, 9.17) is 0 Å². The molecule has 1 aromatic carbocycles. The van der Waals surface area contributed by atoms with Gasteiger partial charge in [-0.1, -0.05) is 39.5 Å². The number of nitrogens with zero attached hydrogens (tertiary/aromatic N) is 2. The Balaban J connectivity index is 1.39. The minimum absolute atomic E-state index is 0.191. The van der Waals surface area contributed by atoms with Crippen LogP contribution in [0.2, 0.25) is 0 Å². The van der Waals surface area contributed by atoms with Gasteiger partial charge in [0.2, 0.25) is 11.8 Å². The summed E-state index contributed by atoms with van der Waals surface area (Å²) in [5.41, 5.74) is 1.74. The summed E-state index contributed by atoms with van der Waals surface area (Å²) in [7, 11) is 0. The van der Waals surface area contributed by atoms with Crippen LogP contribution in [0, 0.1) is 5.82 Å². The highest BCUT2D eigenvalue weighted by atomic mass is 32.2. The Morgan fingerprint density at radius 3 is 2.44 bits per heavy atom. The third-order valence-electron chi connectivity index (χ3n) is 6.72. The lowest BCUT2D eigenvalue weighted by molar-refractivity contribution is -0.137. The molecule has 0 aliphatic carbocycles. The SMILES string of the molecule is CCN(CC)CCCCCCCCSc1ccc(F)c2c1CN(C1CCC(=O)NC1=O)C2. The molecule has 1 unspecified atom stereocenters. The number of hydrogen-bond donors (Lipinski definition) is 1. The number of amides is 2. The van der Waals surface area contributed by atoms with Gasteiger partial charge in [0.15, 0.2) is 0 Å². The molecule has 1 saturated heterocycles. The molecular weight excluding hydrogens is 425 g/mol. The topological polar surface area (TPSA) is 52.6 Å². The van der Waals surface area contributed by atoms with E-state index in [-0.39, 0.29) is 23.7 Å². The van der Waals surface area contributed by atoms with Gasteiger partial charge in [0, 0.05) is 30.0 Å². The van der Waals surface area contributed by atoms with Crippen LogP contribution >= 0.6 is 11.8 Å². The molecule has 5 nitrogen and oxygen atoms in total. The molecular formula is C25H38FN3O2S. The van der Waals surface area contributed by atoms with Gasteiger partial charge in [-0.25, -0.2) is 4.39 Å². The predicted molar refractivity (Wildman–Crippen MR) is 128 cm³/mol. The summed E-state index contributed by atoms with van der Waals surface area (Å²) in [6, 6.07) is 3.10. The Hall–Kier alpha value is -1.44. The number of hydrogen-bond acceptors (Lipinski definition) is 5. The van der Waals surface area contributed by atoms with Crippen molar-refractivity contribution in [1.29, 1.82) is 0 Å². The van der Waals surface area contributed by atoms with E-state index < -0.39 is 0 Å². The highest BCUT2D eigenvalue weighted by molar-refractivity contribution is 7.99. The number of carbonyl (C=O) groups excluding carboxylic acids is 2. The van der Waals surface area contributed by atoms with Crippen LogP contribution in [-0.4, -0.2) is 53.0 Å². The van der Waals surface area contributed by atoms with Gasteiger partial charge in [0.1, 0.15) is 5.82 Å². The molecule has 2 heterocycles. The van der Waals surface area contributed by atoms with Crippen molar-refractivity contribution in [3.63, 3.8) is 0 Å². The summed E-state index contributed by atoms with van der Waals surface area (Å²) < 4.78 is 14.5. The standard InChI is InChI=1S/C25H38FN3O2S/c1-3-28(4-2)15-9-7-5-6-8-10-16-32-23-13-11-21(26)19-17-29(18-20(19)23)22-12-14-24(30)27-25(22)31/h11,13,22H,3-10,12,14-18H2,1-2H3,(H,27,30,31). The molecule has 178 valence electrons. The van der Waals surface area contributed by atoms with Crippen molar-refractivity contribution in [1.82, 2.24) is 15.1 Å². The van der Waals surface area contributed by atoms with Crippen molar-refractivity contribution in [2.45, 2.75) is 89.2 Å². The van der Waals surface area contributed by atoms with Crippen LogP contribution < -0.4 is 5.32 Å². The summed E-state index contributed by atoms with van der Waals surface area (Å²) in [4.78, 5) is 29.3. The second-order valence-corrected chi connectivity index (χ2v) is 10.0. The van der Waals surface area contributed by atoms with Crippen LogP contribution in [0.1, 0.15) is 76.3 Å². The molecule has 0 aromatic heterocycles. The van der Waals surface area contributed by atoms with E-state index in [9.17, 15) is 14.0 Å². The quantitative estimate of drug-likeness (QED) is 0.261. The van der Waals surface area contributed by atoms with Crippen LogP contribution in [0.25, 0.3) is 0 Å². The lowest BCUT2D eigenvalue weighted by Crippen LogP contribution is -2.50. The number of halogens is 1. The minimum atomic E-state index is -0.348. The number of rotatable bonds is 13. The van der Waals surface area contributed by atoms with Gasteiger partial charge >= 0.3 is 0 Å². The summed E-state index contributed by atoms with van der Waals surface area (Å²) in [6.07, 6.45) is 8.46. The third-order valence-corrected chi connectivity index (χ3v) is 7.91. The average molecular weight is 464 g/mol. The fourth-order valence-electron chi connectivity index (χ4n) is 4.70. The van der Waals surface area contributed by atoms with E-state index in [2.05, 4.69) is 24.1 Å². The highest BCUT2D eigenvalue weighted by Gasteiger charge is 2.36. The maximum absolute atomic E-state index is 14.5. The van der Waals surface area contributed by atoms with Crippen LogP contribution in [0.5, 0.6) is 0 Å². The number of piperidine rings is 1. The Morgan fingerprint density at radius 1 is 1.03 bits per heavy atom. The van der Waals surface area contributed by atoms with Crippen molar-refractivity contribution in [3.05, 3.63) is 29.1 Å². The first-order chi connectivity index (χ1) is 15.5. The monoisotopic (exact) mass is 463 g/mol. The fraction of sp³-hybridized carbons (Fsp3) is 0.680. The summed E-state index contributed by atoms with van der Waals surface area (Å²) >= 11 is 1.81. The van der Waals surface area contributed by atoms with Gasteiger partial charge in [-0.05, 0) is 62.3 Å².